The molecule has 0 saturated carbocycles. The molecule has 0 radical (unpaired) electrons. The lowest BCUT2D eigenvalue weighted by molar-refractivity contribution is 0.134. The summed E-state index contributed by atoms with van der Waals surface area (Å²) in [7, 11) is 0. The van der Waals surface area contributed by atoms with Gasteiger partial charge in [-0.3, -0.25) is 0 Å². The average molecular weight is 277 g/mol. The summed E-state index contributed by atoms with van der Waals surface area (Å²) in [6.45, 7) is 4.64. The molecular formula is C17H27NO2. The molecule has 1 atom stereocenters. The van der Waals surface area contributed by atoms with E-state index in [0.29, 0.717) is 6.61 Å². The molecule has 20 heavy (non-hydrogen) atoms. The molecule has 3 nitrogen and oxygen atoms in total. The maximum Gasteiger partial charge on any atom is 0.407 e. The summed E-state index contributed by atoms with van der Waals surface area (Å²) in [5.41, 5.74) is 1.01. The minimum atomic E-state index is -0.309. The zero-order valence-corrected chi connectivity index (χ0v) is 12.7. The average Bonchev–Trinajstić information content (AvgIpc) is 2.49. The first-order chi connectivity index (χ1) is 9.76. The Morgan fingerprint density at radius 1 is 1.15 bits per heavy atom. The molecule has 1 aromatic rings. The highest BCUT2D eigenvalue weighted by atomic mass is 16.5. The van der Waals surface area contributed by atoms with Crippen molar-refractivity contribution in [2.24, 2.45) is 0 Å². The Kier molecular flexibility index (Phi) is 8.52. The molecule has 0 fully saturated rings. The van der Waals surface area contributed by atoms with Gasteiger partial charge in [-0.25, -0.2) is 4.79 Å². The topological polar surface area (TPSA) is 38.3 Å². The molecule has 1 aromatic carbocycles. The van der Waals surface area contributed by atoms with Gasteiger partial charge in [0, 0.05) is 6.04 Å². The van der Waals surface area contributed by atoms with Crippen LogP contribution in [0.3, 0.4) is 0 Å². The number of alkyl carbamates (subject to hydrolysis) is 1. The second-order valence-electron chi connectivity index (χ2n) is 5.16. The van der Waals surface area contributed by atoms with Crippen molar-refractivity contribution in [3.8, 4) is 0 Å². The van der Waals surface area contributed by atoms with Crippen LogP contribution in [0.15, 0.2) is 30.3 Å². The van der Waals surface area contributed by atoms with Gasteiger partial charge in [0.15, 0.2) is 0 Å². The number of amides is 1. The third-order valence-electron chi connectivity index (χ3n) is 3.43. The van der Waals surface area contributed by atoms with Gasteiger partial charge in [-0.05, 0) is 18.4 Å². The maximum absolute atomic E-state index is 11.7. The molecule has 0 aromatic heterocycles. The second kappa shape index (κ2) is 10.3. The molecule has 1 unspecified atom stereocenters. The van der Waals surface area contributed by atoms with Crippen molar-refractivity contribution in [2.45, 2.75) is 65.0 Å². The van der Waals surface area contributed by atoms with Crippen molar-refractivity contribution in [3.05, 3.63) is 35.9 Å². The lowest BCUT2D eigenvalue weighted by atomic mass is 10.1. The zero-order valence-electron chi connectivity index (χ0n) is 12.7. The second-order valence-corrected chi connectivity index (χ2v) is 5.16. The van der Waals surface area contributed by atoms with E-state index in [1.165, 1.54) is 25.7 Å². The van der Waals surface area contributed by atoms with Crippen LogP contribution in [0.4, 0.5) is 4.79 Å². The summed E-state index contributed by atoms with van der Waals surface area (Å²) >= 11 is 0. The first-order valence-electron chi connectivity index (χ1n) is 7.73. The van der Waals surface area contributed by atoms with E-state index in [1.807, 2.05) is 30.3 Å². The minimum absolute atomic E-state index is 0.232. The van der Waals surface area contributed by atoms with Crippen LogP contribution in [0.1, 0.15) is 57.9 Å². The van der Waals surface area contributed by atoms with E-state index in [-0.39, 0.29) is 12.1 Å². The van der Waals surface area contributed by atoms with Crippen LogP contribution >= 0.6 is 0 Å². The number of carbonyl (C=O) groups is 1. The summed E-state index contributed by atoms with van der Waals surface area (Å²) in [6.07, 6.45) is 6.61. The van der Waals surface area contributed by atoms with Crippen molar-refractivity contribution in [1.82, 2.24) is 5.32 Å². The lowest BCUT2D eigenvalue weighted by Crippen LogP contribution is -2.34. The first-order valence-corrected chi connectivity index (χ1v) is 7.73. The van der Waals surface area contributed by atoms with Crippen LogP contribution in [0.2, 0.25) is 0 Å². The standard InChI is InChI=1S/C17H27NO2/c1-3-5-6-10-13-16(4-2)18-17(19)20-14-15-11-8-7-9-12-15/h7-9,11-12,16H,3-6,10,13-14H2,1-2H3,(H,18,19). The van der Waals surface area contributed by atoms with Crippen LogP contribution in [-0.2, 0) is 11.3 Å². The molecule has 1 N–H and O–H groups in total. The SMILES string of the molecule is CCCCCCC(CC)NC(=O)OCc1ccccc1. The van der Waals surface area contributed by atoms with Crippen molar-refractivity contribution in [3.63, 3.8) is 0 Å². The molecule has 0 saturated heterocycles. The summed E-state index contributed by atoms with van der Waals surface area (Å²) in [6, 6.07) is 9.98. The van der Waals surface area contributed by atoms with E-state index in [4.69, 9.17) is 4.74 Å². The fourth-order valence-electron chi connectivity index (χ4n) is 2.13. The van der Waals surface area contributed by atoms with Gasteiger partial charge in [-0.2, -0.15) is 0 Å². The molecule has 0 spiro atoms. The number of carbonyl (C=O) groups excluding carboxylic acids is 1. The molecule has 0 heterocycles. The summed E-state index contributed by atoms with van der Waals surface area (Å²) < 4.78 is 5.24. The van der Waals surface area contributed by atoms with Gasteiger partial charge in [0.25, 0.3) is 0 Å². The quantitative estimate of drug-likeness (QED) is 0.666. The van der Waals surface area contributed by atoms with Crippen LogP contribution in [0.25, 0.3) is 0 Å². The van der Waals surface area contributed by atoms with Crippen molar-refractivity contribution in [2.75, 3.05) is 0 Å². The molecule has 0 aliphatic carbocycles. The van der Waals surface area contributed by atoms with E-state index in [1.54, 1.807) is 0 Å². The number of unbranched alkanes of at least 4 members (excludes halogenated alkanes) is 3. The van der Waals surface area contributed by atoms with Crippen LogP contribution in [0, 0.1) is 0 Å². The third kappa shape index (κ3) is 7.17. The van der Waals surface area contributed by atoms with E-state index in [2.05, 4.69) is 19.2 Å². The molecule has 1 amide bonds. The predicted molar refractivity (Wildman–Crippen MR) is 82.6 cm³/mol. The Morgan fingerprint density at radius 3 is 2.55 bits per heavy atom. The van der Waals surface area contributed by atoms with Gasteiger partial charge in [0.2, 0.25) is 0 Å². The molecular weight excluding hydrogens is 250 g/mol. The Labute approximate surface area is 122 Å². The summed E-state index contributed by atoms with van der Waals surface area (Å²) in [5, 5.41) is 2.95. The van der Waals surface area contributed by atoms with Crippen molar-refractivity contribution in [1.29, 1.82) is 0 Å². The highest BCUT2D eigenvalue weighted by Crippen LogP contribution is 2.08. The Hall–Kier alpha value is -1.51. The fourth-order valence-corrected chi connectivity index (χ4v) is 2.13. The zero-order chi connectivity index (χ0) is 14.6. The number of rotatable bonds is 9. The van der Waals surface area contributed by atoms with Crippen molar-refractivity contribution < 1.29 is 9.53 Å². The van der Waals surface area contributed by atoms with Gasteiger partial charge < -0.3 is 10.1 Å². The molecule has 0 bridgehead atoms. The van der Waals surface area contributed by atoms with Crippen molar-refractivity contribution >= 4 is 6.09 Å². The fraction of sp³-hybridized carbons (Fsp3) is 0.588. The smallest absolute Gasteiger partial charge is 0.407 e. The number of hydrogen-bond acceptors (Lipinski definition) is 2. The molecule has 0 aliphatic heterocycles. The van der Waals surface area contributed by atoms with E-state index in [0.717, 1.165) is 18.4 Å². The van der Waals surface area contributed by atoms with Gasteiger partial charge in [-0.1, -0.05) is 69.9 Å². The van der Waals surface area contributed by atoms with Gasteiger partial charge in [0.1, 0.15) is 6.61 Å². The molecule has 1 rings (SSSR count). The maximum atomic E-state index is 11.7. The Morgan fingerprint density at radius 2 is 1.90 bits per heavy atom. The number of ether oxygens (including phenoxy) is 1. The van der Waals surface area contributed by atoms with Crippen LogP contribution < -0.4 is 5.32 Å². The lowest BCUT2D eigenvalue weighted by Gasteiger charge is -2.16. The third-order valence-corrected chi connectivity index (χ3v) is 3.43. The van der Waals surface area contributed by atoms with Gasteiger partial charge in [-0.15, -0.1) is 0 Å². The minimum Gasteiger partial charge on any atom is -0.445 e. The van der Waals surface area contributed by atoms with Gasteiger partial charge >= 0.3 is 6.09 Å². The van der Waals surface area contributed by atoms with Crippen LogP contribution in [-0.4, -0.2) is 12.1 Å². The molecule has 3 heteroatoms. The summed E-state index contributed by atoms with van der Waals surface area (Å²) in [5.74, 6) is 0. The number of benzene rings is 1. The molecule has 112 valence electrons. The highest BCUT2D eigenvalue weighted by Gasteiger charge is 2.10. The van der Waals surface area contributed by atoms with Crippen LogP contribution in [0.5, 0.6) is 0 Å². The number of hydrogen-bond donors (Lipinski definition) is 1. The van der Waals surface area contributed by atoms with E-state index >= 15 is 0 Å². The van der Waals surface area contributed by atoms with E-state index in [9.17, 15) is 4.79 Å². The predicted octanol–water partition coefficient (Wildman–Crippen LogP) is 4.66. The Balaban J connectivity index is 2.21. The van der Waals surface area contributed by atoms with Gasteiger partial charge in [0.05, 0.1) is 0 Å². The Bertz CT molecular complexity index is 365. The largest absolute Gasteiger partial charge is 0.445 e. The summed E-state index contributed by atoms with van der Waals surface area (Å²) in [4.78, 5) is 11.7. The number of nitrogens with one attached hydrogen (secondary N) is 1. The highest BCUT2D eigenvalue weighted by molar-refractivity contribution is 5.67. The first kappa shape index (κ1) is 16.5. The normalized spacial score (nSPS) is 11.9. The molecule has 0 aliphatic rings. The monoisotopic (exact) mass is 277 g/mol. The van der Waals surface area contributed by atoms with E-state index < -0.39 is 0 Å².